The molecule has 2 aromatic rings. The molecule has 0 aliphatic carbocycles. The number of pyridine rings is 1. The van der Waals surface area contributed by atoms with Gasteiger partial charge in [-0.2, -0.15) is 0 Å². The third-order valence-corrected chi connectivity index (χ3v) is 4.41. The van der Waals surface area contributed by atoms with Gasteiger partial charge < -0.3 is 9.80 Å². The van der Waals surface area contributed by atoms with Gasteiger partial charge in [0.1, 0.15) is 0 Å². The summed E-state index contributed by atoms with van der Waals surface area (Å²) in [6.07, 6.45) is 1.96. The first-order valence-corrected chi connectivity index (χ1v) is 7.95. The van der Waals surface area contributed by atoms with E-state index >= 15 is 0 Å². The van der Waals surface area contributed by atoms with Gasteiger partial charge in [0.25, 0.3) is 0 Å². The first-order valence-electron chi connectivity index (χ1n) is 7.95. The van der Waals surface area contributed by atoms with Crippen LogP contribution in [0.1, 0.15) is 32.4 Å². The minimum Gasteiger partial charge on any atom is -0.368 e. The summed E-state index contributed by atoms with van der Waals surface area (Å²) in [5.74, 6) is 0.609. The van der Waals surface area contributed by atoms with Crippen LogP contribution in [0.5, 0.6) is 0 Å². The highest BCUT2D eigenvalue weighted by Gasteiger charge is 2.18. The highest BCUT2D eigenvalue weighted by molar-refractivity contribution is 5.85. The molecule has 1 aliphatic rings. The molecule has 116 valence electrons. The highest BCUT2D eigenvalue weighted by atomic mass is 16.2. The summed E-state index contributed by atoms with van der Waals surface area (Å²) in [7, 11) is 0. The zero-order valence-corrected chi connectivity index (χ0v) is 13.5. The van der Waals surface area contributed by atoms with E-state index in [1.165, 1.54) is 16.5 Å². The molecule has 0 atom stereocenters. The second kappa shape index (κ2) is 5.95. The number of carbonyl (C=O) groups is 1. The average Bonchev–Trinajstić information content (AvgIpc) is 2.53. The molecule has 1 saturated heterocycles. The topological polar surface area (TPSA) is 36.4 Å². The molecular formula is C18H23N3O. The number of rotatable bonds is 2. The van der Waals surface area contributed by atoms with E-state index in [0.717, 1.165) is 31.9 Å². The van der Waals surface area contributed by atoms with Gasteiger partial charge >= 0.3 is 0 Å². The Morgan fingerprint density at radius 2 is 1.82 bits per heavy atom. The monoisotopic (exact) mass is 297 g/mol. The molecule has 0 spiro atoms. The number of piperazine rings is 1. The fraction of sp³-hybridized carbons (Fsp3) is 0.444. The molecule has 4 heteroatoms. The van der Waals surface area contributed by atoms with E-state index in [1.807, 2.05) is 11.1 Å². The second-order valence-electron chi connectivity index (χ2n) is 6.29. The Morgan fingerprint density at radius 3 is 2.45 bits per heavy atom. The van der Waals surface area contributed by atoms with Crippen molar-refractivity contribution in [2.75, 3.05) is 31.1 Å². The van der Waals surface area contributed by atoms with Gasteiger partial charge in [-0.1, -0.05) is 19.9 Å². The molecule has 1 aromatic carbocycles. The maximum Gasteiger partial charge on any atom is 0.219 e. The molecule has 1 aliphatic heterocycles. The third-order valence-electron chi connectivity index (χ3n) is 4.41. The molecule has 0 saturated carbocycles. The zero-order chi connectivity index (χ0) is 15.7. The summed E-state index contributed by atoms with van der Waals surface area (Å²) in [5.41, 5.74) is 2.36. The Hall–Kier alpha value is -2.10. The summed E-state index contributed by atoms with van der Waals surface area (Å²) in [5, 5.41) is 2.42. The number of hydrogen-bond acceptors (Lipinski definition) is 3. The van der Waals surface area contributed by atoms with Crippen LogP contribution in [0, 0.1) is 0 Å². The third kappa shape index (κ3) is 2.91. The predicted molar refractivity (Wildman–Crippen MR) is 90.3 cm³/mol. The van der Waals surface area contributed by atoms with Crippen molar-refractivity contribution in [2.24, 2.45) is 0 Å². The fourth-order valence-corrected chi connectivity index (χ4v) is 2.94. The van der Waals surface area contributed by atoms with Crippen molar-refractivity contribution in [3.63, 3.8) is 0 Å². The Kier molecular flexibility index (Phi) is 4.01. The van der Waals surface area contributed by atoms with Gasteiger partial charge in [-0.3, -0.25) is 9.78 Å². The molecule has 3 rings (SSSR count). The summed E-state index contributed by atoms with van der Waals surface area (Å²) in [6, 6.07) is 8.73. The lowest BCUT2D eigenvalue weighted by Crippen LogP contribution is -2.48. The number of carbonyl (C=O) groups excluding carboxylic acids is 1. The molecule has 22 heavy (non-hydrogen) atoms. The Bertz CT molecular complexity index is 688. The van der Waals surface area contributed by atoms with Crippen molar-refractivity contribution < 1.29 is 4.79 Å². The van der Waals surface area contributed by atoms with Crippen LogP contribution in [0.25, 0.3) is 10.8 Å². The Morgan fingerprint density at radius 1 is 1.09 bits per heavy atom. The highest BCUT2D eigenvalue weighted by Crippen LogP contribution is 2.25. The molecular weight excluding hydrogens is 274 g/mol. The van der Waals surface area contributed by atoms with Crippen LogP contribution < -0.4 is 4.90 Å². The van der Waals surface area contributed by atoms with E-state index in [2.05, 4.69) is 48.0 Å². The van der Waals surface area contributed by atoms with E-state index < -0.39 is 0 Å². The lowest BCUT2D eigenvalue weighted by atomic mass is 10.1. The van der Waals surface area contributed by atoms with Crippen molar-refractivity contribution in [1.29, 1.82) is 0 Å². The largest absolute Gasteiger partial charge is 0.368 e. The van der Waals surface area contributed by atoms with Gasteiger partial charge in [0.2, 0.25) is 5.91 Å². The van der Waals surface area contributed by atoms with E-state index in [9.17, 15) is 4.79 Å². The molecule has 0 N–H and O–H groups in total. The Labute approximate surface area is 131 Å². The van der Waals surface area contributed by atoms with Gasteiger partial charge in [0.05, 0.1) is 0 Å². The van der Waals surface area contributed by atoms with Crippen molar-refractivity contribution in [3.05, 3.63) is 36.2 Å². The lowest BCUT2D eigenvalue weighted by molar-refractivity contribution is -0.129. The smallest absolute Gasteiger partial charge is 0.219 e. The van der Waals surface area contributed by atoms with Gasteiger partial charge in [0, 0.05) is 56.1 Å². The van der Waals surface area contributed by atoms with E-state index in [1.54, 1.807) is 6.92 Å². The van der Waals surface area contributed by atoms with E-state index in [-0.39, 0.29) is 5.91 Å². The van der Waals surface area contributed by atoms with Crippen LogP contribution in [0.4, 0.5) is 5.69 Å². The van der Waals surface area contributed by atoms with Gasteiger partial charge in [-0.25, -0.2) is 0 Å². The van der Waals surface area contributed by atoms with Crippen LogP contribution in [0.15, 0.2) is 30.5 Å². The quantitative estimate of drug-likeness (QED) is 0.855. The van der Waals surface area contributed by atoms with Crippen LogP contribution in [-0.2, 0) is 4.79 Å². The lowest BCUT2D eigenvalue weighted by Gasteiger charge is -2.35. The first-order chi connectivity index (χ1) is 10.5. The number of benzene rings is 1. The second-order valence-corrected chi connectivity index (χ2v) is 6.29. The van der Waals surface area contributed by atoms with Gasteiger partial charge in [-0.05, 0) is 29.5 Å². The zero-order valence-electron chi connectivity index (χ0n) is 13.5. The fourth-order valence-electron chi connectivity index (χ4n) is 2.94. The standard InChI is InChI=1S/C18H23N3O/c1-13(2)18-11-16-10-17(5-4-15(16)12-19-18)21-8-6-20(7-9-21)14(3)22/h4-5,10-13H,6-9H2,1-3H3. The van der Waals surface area contributed by atoms with Crippen LogP contribution in [0.3, 0.4) is 0 Å². The van der Waals surface area contributed by atoms with Gasteiger partial charge in [0.15, 0.2) is 0 Å². The normalized spacial score (nSPS) is 15.6. The maximum atomic E-state index is 11.4. The van der Waals surface area contributed by atoms with Crippen LogP contribution >= 0.6 is 0 Å². The number of aromatic nitrogens is 1. The number of nitrogens with zero attached hydrogens (tertiary/aromatic N) is 3. The molecule has 1 fully saturated rings. The van der Waals surface area contributed by atoms with E-state index in [0.29, 0.717) is 5.92 Å². The summed E-state index contributed by atoms with van der Waals surface area (Å²) < 4.78 is 0. The van der Waals surface area contributed by atoms with Crippen molar-refractivity contribution >= 4 is 22.4 Å². The van der Waals surface area contributed by atoms with Crippen molar-refractivity contribution in [1.82, 2.24) is 9.88 Å². The summed E-state index contributed by atoms with van der Waals surface area (Å²) >= 11 is 0. The predicted octanol–water partition coefficient (Wildman–Crippen LogP) is 3.03. The number of fused-ring (bicyclic) bond motifs is 1. The summed E-state index contributed by atoms with van der Waals surface area (Å²) in [6.45, 7) is 9.38. The molecule has 0 unspecified atom stereocenters. The molecule has 0 bridgehead atoms. The van der Waals surface area contributed by atoms with Crippen molar-refractivity contribution in [3.8, 4) is 0 Å². The molecule has 1 amide bonds. The van der Waals surface area contributed by atoms with Gasteiger partial charge in [-0.15, -0.1) is 0 Å². The number of anilines is 1. The minimum atomic E-state index is 0.172. The minimum absolute atomic E-state index is 0.172. The Balaban J connectivity index is 1.84. The average molecular weight is 297 g/mol. The number of hydrogen-bond donors (Lipinski definition) is 0. The van der Waals surface area contributed by atoms with Crippen LogP contribution in [0.2, 0.25) is 0 Å². The maximum absolute atomic E-state index is 11.4. The molecule has 0 radical (unpaired) electrons. The number of amides is 1. The summed E-state index contributed by atoms with van der Waals surface area (Å²) in [4.78, 5) is 20.2. The van der Waals surface area contributed by atoms with E-state index in [4.69, 9.17) is 0 Å². The van der Waals surface area contributed by atoms with Crippen molar-refractivity contribution in [2.45, 2.75) is 26.7 Å². The van der Waals surface area contributed by atoms with Crippen LogP contribution in [-0.4, -0.2) is 42.0 Å². The molecule has 1 aromatic heterocycles. The first kappa shape index (κ1) is 14.8. The molecule has 4 nitrogen and oxygen atoms in total. The SMILES string of the molecule is CC(=O)N1CCN(c2ccc3cnc(C(C)C)cc3c2)CC1. The molecule has 2 heterocycles.